The fourth-order valence-corrected chi connectivity index (χ4v) is 2.55. The number of carbonyl (C=O) groups is 6. The van der Waals surface area contributed by atoms with Crippen molar-refractivity contribution in [2.24, 2.45) is 0 Å². The molecule has 0 fully saturated rings. The lowest BCUT2D eigenvalue weighted by Crippen LogP contribution is -3.03. The monoisotopic (exact) mass is 363 g/mol. The molecule has 2 rings (SSSR count). The summed E-state index contributed by atoms with van der Waals surface area (Å²) in [4.78, 5) is 68.5. The lowest BCUT2D eigenvalue weighted by atomic mass is 9.97. The van der Waals surface area contributed by atoms with Crippen LogP contribution in [0, 0.1) is 5.82 Å². The number of carbonyl (C=O) groups excluding carboxylic acids is 5. The molecule has 10 heteroatoms. The molecule has 1 heterocycles. The van der Waals surface area contributed by atoms with E-state index in [4.69, 9.17) is 5.11 Å². The first-order chi connectivity index (χ1) is 12.3. The first-order valence-electron chi connectivity index (χ1n) is 7.24. The summed E-state index contributed by atoms with van der Waals surface area (Å²) >= 11 is 0. The number of aliphatic carboxylic acids is 1. The van der Waals surface area contributed by atoms with Gasteiger partial charge in [0.25, 0.3) is 11.8 Å². The maximum atomic E-state index is 14.4. The summed E-state index contributed by atoms with van der Waals surface area (Å²) in [7, 11) is 0. The second-order valence-electron chi connectivity index (χ2n) is 5.17. The summed E-state index contributed by atoms with van der Waals surface area (Å²) in [5.41, 5.74) is -1.41. The molecule has 0 radical (unpaired) electrons. The van der Waals surface area contributed by atoms with Crippen LogP contribution >= 0.6 is 0 Å². The van der Waals surface area contributed by atoms with E-state index in [-0.39, 0.29) is 35.3 Å². The van der Waals surface area contributed by atoms with Gasteiger partial charge in [-0.05, 0) is 13.0 Å². The maximum absolute atomic E-state index is 14.4. The van der Waals surface area contributed by atoms with Crippen LogP contribution in [0.15, 0.2) is 23.9 Å². The molecule has 1 aromatic rings. The molecule has 1 atom stereocenters. The van der Waals surface area contributed by atoms with Gasteiger partial charge in [-0.15, -0.1) is 0 Å². The van der Waals surface area contributed by atoms with Crippen molar-refractivity contribution < 1.29 is 43.2 Å². The van der Waals surface area contributed by atoms with Gasteiger partial charge in [-0.1, -0.05) is 0 Å². The number of imide groups is 1. The highest BCUT2D eigenvalue weighted by atomic mass is 19.1. The SMILES string of the molecule is CC[NH+]1C=C(C(=O)O)C(=O)c2cc(F)c(N(C(=O)C=O)C(=O)C=O)cc21. The summed E-state index contributed by atoms with van der Waals surface area (Å²) in [6.45, 7) is 1.91. The molecule has 0 bridgehead atoms. The first-order valence-corrected chi connectivity index (χ1v) is 7.24. The number of hydrogen-bond acceptors (Lipinski definition) is 6. The molecule has 1 unspecified atom stereocenters. The Morgan fingerprint density at radius 2 is 1.77 bits per heavy atom. The fraction of sp³-hybridized carbons (Fsp3) is 0.125. The Kier molecular flexibility index (Phi) is 5.17. The summed E-state index contributed by atoms with van der Waals surface area (Å²) in [5.74, 6) is -6.61. The quantitative estimate of drug-likeness (QED) is 0.381. The summed E-state index contributed by atoms with van der Waals surface area (Å²) in [6, 6.07) is 1.63. The molecular formula is C16H12FN2O7+. The van der Waals surface area contributed by atoms with Crippen molar-refractivity contribution in [3.05, 3.63) is 35.3 Å². The topological polar surface area (TPSA) is 130 Å². The highest BCUT2D eigenvalue weighted by molar-refractivity contribution is 6.46. The number of rotatable bonds is 5. The van der Waals surface area contributed by atoms with Gasteiger partial charge < -0.3 is 5.11 Å². The molecule has 1 aliphatic rings. The van der Waals surface area contributed by atoms with Gasteiger partial charge in [0.05, 0.1) is 17.8 Å². The van der Waals surface area contributed by atoms with Crippen molar-refractivity contribution in [1.82, 2.24) is 0 Å². The predicted octanol–water partition coefficient (Wildman–Crippen LogP) is -1.22. The zero-order valence-electron chi connectivity index (χ0n) is 13.3. The van der Waals surface area contributed by atoms with E-state index < -0.39 is 40.6 Å². The van der Waals surface area contributed by atoms with Crippen molar-refractivity contribution in [3.8, 4) is 0 Å². The lowest BCUT2D eigenvalue weighted by molar-refractivity contribution is -0.773. The number of Topliss-reactive ketones (excluding diaryl/α,β-unsaturated/α-hetero) is 1. The number of benzene rings is 1. The Balaban J connectivity index is 2.71. The molecule has 0 saturated carbocycles. The highest BCUT2D eigenvalue weighted by Crippen LogP contribution is 2.29. The van der Waals surface area contributed by atoms with Crippen molar-refractivity contribution >= 4 is 47.5 Å². The van der Waals surface area contributed by atoms with Gasteiger partial charge in [-0.25, -0.2) is 14.1 Å². The maximum Gasteiger partial charge on any atom is 0.345 e. The number of nitrogens with zero attached hydrogens (tertiary/aromatic N) is 1. The van der Waals surface area contributed by atoms with Gasteiger partial charge >= 0.3 is 5.97 Å². The zero-order valence-corrected chi connectivity index (χ0v) is 13.3. The van der Waals surface area contributed by atoms with E-state index in [2.05, 4.69) is 0 Å². The van der Waals surface area contributed by atoms with Crippen molar-refractivity contribution in [1.29, 1.82) is 0 Å². The lowest BCUT2D eigenvalue weighted by Gasteiger charge is -2.23. The summed E-state index contributed by atoms with van der Waals surface area (Å²) in [5, 5.41) is 9.10. The number of halogens is 1. The van der Waals surface area contributed by atoms with Crippen LogP contribution in [0.2, 0.25) is 0 Å². The van der Waals surface area contributed by atoms with Crippen LogP contribution in [0.3, 0.4) is 0 Å². The molecule has 9 nitrogen and oxygen atoms in total. The third kappa shape index (κ3) is 3.05. The Labute approximate surface area is 145 Å². The standard InChI is InChI=1S/C16H11FN2O7/c1-2-18-5-9(16(25)26)15(24)8-3-10(17)12(4-11(8)18)19(13(22)6-20)14(23)7-21/h3-7H,2H2,1H3,(H,25,26)/p+1. The molecule has 2 N–H and O–H groups in total. The second kappa shape index (κ2) is 7.15. The molecule has 1 aliphatic heterocycles. The molecular weight excluding hydrogens is 351 g/mol. The number of carboxylic acids is 1. The molecule has 0 aromatic heterocycles. The van der Waals surface area contributed by atoms with Crippen LogP contribution in [0.25, 0.3) is 0 Å². The first kappa shape index (κ1) is 18.8. The van der Waals surface area contributed by atoms with Crippen molar-refractivity contribution in [3.63, 3.8) is 0 Å². The number of anilines is 1. The van der Waals surface area contributed by atoms with Crippen LogP contribution in [-0.4, -0.2) is 47.8 Å². The number of ketones is 1. The van der Waals surface area contributed by atoms with E-state index in [1.807, 2.05) is 0 Å². The molecule has 2 amide bonds. The Morgan fingerprint density at radius 3 is 2.23 bits per heavy atom. The van der Waals surface area contributed by atoms with Crippen LogP contribution in [0.4, 0.5) is 15.8 Å². The predicted molar refractivity (Wildman–Crippen MR) is 82.2 cm³/mol. The average Bonchev–Trinajstić information content (AvgIpc) is 2.62. The Bertz CT molecular complexity index is 871. The van der Waals surface area contributed by atoms with E-state index in [1.54, 1.807) is 6.92 Å². The summed E-state index contributed by atoms with van der Waals surface area (Å²) in [6.07, 6.45) is 0.582. The molecule has 26 heavy (non-hydrogen) atoms. The number of carboxylic acid groups (broad SMARTS) is 1. The fourth-order valence-electron chi connectivity index (χ4n) is 2.55. The normalized spacial score (nSPS) is 15.5. The van der Waals surface area contributed by atoms with Crippen LogP contribution < -0.4 is 9.80 Å². The van der Waals surface area contributed by atoms with Gasteiger partial charge in [0.2, 0.25) is 18.4 Å². The van der Waals surface area contributed by atoms with Crippen LogP contribution in [0.5, 0.6) is 0 Å². The second-order valence-corrected chi connectivity index (χ2v) is 5.17. The number of quaternary nitrogens is 1. The molecule has 0 saturated heterocycles. The van der Waals surface area contributed by atoms with E-state index in [1.165, 1.54) is 0 Å². The molecule has 134 valence electrons. The smallest absolute Gasteiger partial charge is 0.345 e. The van der Waals surface area contributed by atoms with E-state index in [0.717, 1.165) is 12.3 Å². The average molecular weight is 363 g/mol. The Hall–Kier alpha value is -3.53. The molecule has 0 aliphatic carbocycles. The van der Waals surface area contributed by atoms with Crippen LogP contribution in [-0.2, 0) is 24.0 Å². The number of amides is 2. The van der Waals surface area contributed by atoms with Gasteiger partial charge in [0.1, 0.15) is 17.7 Å². The van der Waals surface area contributed by atoms with Gasteiger partial charge in [-0.3, -0.25) is 28.9 Å². The van der Waals surface area contributed by atoms with Gasteiger partial charge in [0.15, 0.2) is 5.57 Å². The van der Waals surface area contributed by atoms with E-state index in [9.17, 15) is 33.2 Å². The number of fused-ring (bicyclic) bond motifs is 1. The van der Waals surface area contributed by atoms with Crippen LogP contribution in [0.1, 0.15) is 17.3 Å². The number of nitrogens with one attached hydrogen (secondary N) is 1. The molecule has 0 spiro atoms. The summed E-state index contributed by atoms with van der Waals surface area (Å²) < 4.78 is 14.4. The third-order valence-corrected chi connectivity index (χ3v) is 3.74. The number of hydrogen-bond donors (Lipinski definition) is 2. The Morgan fingerprint density at radius 1 is 1.19 bits per heavy atom. The van der Waals surface area contributed by atoms with Crippen molar-refractivity contribution in [2.45, 2.75) is 6.92 Å². The van der Waals surface area contributed by atoms with E-state index >= 15 is 0 Å². The minimum Gasteiger partial charge on any atom is -0.477 e. The van der Waals surface area contributed by atoms with E-state index in [0.29, 0.717) is 11.0 Å². The third-order valence-electron chi connectivity index (χ3n) is 3.74. The van der Waals surface area contributed by atoms with Gasteiger partial charge in [-0.2, -0.15) is 0 Å². The minimum atomic E-state index is -1.48. The zero-order chi connectivity index (χ0) is 19.6. The largest absolute Gasteiger partial charge is 0.477 e. The number of aldehydes is 2. The minimum absolute atomic E-state index is 0.0454. The highest BCUT2D eigenvalue weighted by Gasteiger charge is 2.36. The molecule has 1 aromatic carbocycles. The van der Waals surface area contributed by atoms with Crippen molar-refractivity contribution in [2.75, 3.05) is 11.4 Å². The van der Waals surface area contributed by atoms with Gasteiger partial charge in [0, 0.05) is 6.07 Å².